The number of nitrogens with zero attached hydrogens (tertiary/aromatic N) is 1. The molecule has 0 aliphatic carbocycles. The van der Waals surface area contributed by atoms with Crippen LogP contribution in [0, 0.1) is 23.0 Å². The monoisotopic (exact) mass is 260 g/mol. The number of ether oxygens (including phenoxy) is 1. The van der Waals surface area contributed by atoms with E-state index in [1.165, 1.54) is 30.3 Å². The van der Waals surface area contributed by atoms with E-state index < -0.39 is 11.6 Å². The molecule has 0 atom stereocenters. The summed E-state index contributed by atoms with van der Waals surface area (Å²) in [5.74, 6) is -0.828. The number of hydrogen-bond donors (Lipinski definition) is 1. The third kappa shape index (κ3) is 2.99. The highest BCUT2D eigenvalue weighted by molar-refractivity contribution is 5.46. The molecule has 2 aromatic rings. The molecule has 5 heteroatoms. The molecular weight excluding hydrogens is 250 g/mol. The molecule has 0 fully saturated rings. The van der Waals surface area contributed by atoms with Crippen LogP contribution in [0.15, 0.2) is 36.4 Å². The van der Waals surface area contributed by atoms with Crippen molar-refractivity contribution in [3.05, 3.63) is 59.2 Å². The van der Waals surface area contributed by atoms with Crippen LogP contribution >= 0.6 is 0 Å². The molecule has 0 radical (unpaired) electrons. The van der Waals surface area contributed by atoms with Crippen LogP contribution < -0.4 is 10.5 Å². The number of nitrogens with two attached hydrogens (primary N) is 1. The zero-order valence-corrected chi connectivity index (χ0v) is 9.86. The van der Waals surface area contributed by atoms with Gasteiger partial charge in [-0.2, -0.15) is 5.26 Å². The van der Waals surface area contributed by atoms with Gasteiger partial charge in [0.15, 0.2) is 0 Å². The lowest BCUT2D eigenvalue weighted by atomic mass is 10.2. The highest BCUT2D eigenvalue weighted by Crippen LogP contribution is 2.19. The van der Waals surface area contributed by atoms with Gasteiger partial charge in [0, 0.05) is 17.3 Å². The van der Waals surface area contributed by atoms with Crippen molar-refractivity contribution in [3.63, 3.8) is 0 Å². The molecule has 0 aliphatic heterocycles. The summed E-state index contributed by atoms with van der Waals surface area (Å²) in [5, 5.41) is 8.60. The van der Waals surface area contributed by atoms with Crippen molar-refractivity contribution in [3.8, 4) is 11.8 Å². The Balaban J connectivity index is 2.13. The van der Waals surface area contributed by atoms with Crippen LogP contribution in [0.4, 0.5) is 14.5 Å². The van der Waals surface area contributed by atoms with Crippen molar-refractivity contribution in [2.75, 3.05) is 5.73 Å². The summed E-state index contributed by atoms with van der Waals surface area (Å²) in [7, 11) is 0. The Bertz CT molecular complexity index is 650. The molecule has 0 spiro atoms. The molecule has 0 saturated carbocycles. The quantitative estimate of drug-likeness (QED) is 0.863. The van der Waals surface area contributed by atoms with Gasteiger partial charge in [-0.05, 0) is 30.3 Å². The van der Waals surface area contributed by atoms with Crippen LogP contribution in [0.1, 0.15) is 11.1 Å². The van der Waals surface area contributed by atoms with Gasteiger partial charge in [-0.3, -0.25) is 0 Å². The minimum absolute atomic E-state index is 0.0228. The molecule has 96 valence electrons. The van der Waals surface area contributed by atoms with E-state index in [0.717, 1.165) is 6.07 Å². The van der Waals surface area contributed by atoms with Crippen molar-refractivity contribution in [1.82, 2.24) is 0 Å². The molecule has 0 unspecified atom stereocenters. The van der Waals surface area contributed by atoms with Crippen LogP contribution in [-0.2, 0) is 6.61 Å². The Kier molecular flexibility index (Phi) is 3.62. The maximum atomic E-state index is 13.3. The Labute approximate surface area is 108 Å². The van der Waals surface area contributed by atoms with Gasteiger partial charge in [-0.15, -0.1) is 0 Å². The Morgan fingerprint density at radius 1 is 1.16 bits per heavy atom. The van der Waals surface area contributed by atoms with Crippen molar-refractivity contribution >= 4 is 5.69 Å². The topological polar surface area (TPSA) is 59.0 Å². The molecule has 3 nitrogen and oxygen atoms in total. The summed E-state index contributed by atoms with van der Waals surface area (Å²) in [5.41, 5.74) is 6.48. The molecule has 2 rings (SSSR count). The highest BCUT2D eigenvalue weighted by Gasteiger charge is 2.06. The third-order valence-corrected chi connectivity index (χ3v) is 2.56. The molecule has 19 heavy (non-hydrogen) atoms. The fourth-order valence-corrected chi connectivity index (χ4v) is 1.54. The van der Waals surface area contributed by atoms with Crippen molar-refractivity contribution < 1.29 is 13.5 Å². The summed E-state index contributed by atoms with van der Waals surface area (Å²) in [6, 6.07) is 9.55. The van der Waals surface area contributed by atoms with Crippen LogP contribution in [0.5, 0.6) is 5.75 Å². The number of nitrogen functional groups attached to an aromatic ring is 1. The first-order valence-corrected chi connectivity index (χ1v) is 5.46. The van der Waals surface area contributed by atoms with Gasteiger partial charge < -0.3 is 10.5 Å². The second-order valence-electron chi connectivity index (χ2n) is 3.89. The average Bonchev–Trinajstić information content (AvgIpc) is 2.40. The van der Waals surface area contributed by atoms with Crippen molar-refractivity contribution in [1.29, 1.82) is 5.26 Å². The smallest absolute Gasteiger partial charge is 0.144 e. The van der Waals surface area contributed by atoms with E-state index in [0.29, 0.717) is 11.3 Å². The minimum atomic E-state index is -0.660. The second kappa shape index (κ2) is 5.36. The van der Waals surface area contributed by atoms with Gasteiger partial charge in [0.25, 0.3) is 0 Å². The van der Waals surface area contributed by atoms with E-state index in [9.17, 15) is 8.78 Å². The summed E-state index contributed by atoms with van der Waals surface area (Å²) in [6.07, 6.45) is 0. The standard InChI is InChI=1S/C14H10F2N2O/c15-11-2-4-14(18)10(5-11)8-19-12-3-1-9(7-17)13(16)6-12/h1-6H,8,18H2. The fourth-order valence-electron chi connectivity index (χ4n) is 1.54. The third-order valence-electron chi connectivity index (χ3n) is 2.56. The Morgan fingerprint density at radius 3 is 2.63 bits per heavy atom. The maximum absolute atomic E-state index is 13.3. The molecular formula is C14H10F2N2O. The lowest BCUT2D eigenvalue weighted by molar-refractivity contribution is 0.304. The molecule has 0 aliphatic rings. The predicted octanol–water partition coefficient (Wildman–Crippen LogP) is 3.00. The van der Waals surface area contributed by atoms with Gasteiger partial charge in [0.1, 0.15) is 30.1 Å². The van der Waals surface area contributed by atoms with E-state index in [-0.39, 0.29) is 17.9 Å². The minimum Gasteiger partial charge on any atom is -0.489 e. The number of rotatable bonds is 3. The van der Waals surface area contributed by atoms with E-state index >= 15 is 0 Å². The zero-order valence-electron chi connectivity index (χ0n) is 9.86. The van der Waals surface area contributed by atoms with Crippen molar-refractivity contribution in [2.24, 2.45) is 0 Å². The van der Waals surface area contributed by atoms with E-state index in [4.69, 9.17) is 15.7 Å². The maximum Gasteiger partial charge on any atom is 0.144 e. The largest absolute Gasteiger partial charge is 0.489 e. The number of anilines is 1. The summed E-state index contributed by atoms with van der Waals surface area (Å²) in [6.45, 7) is 0.0228. The van der Waals surface area contributed by atoms with E-state index in [1.54, 1.807) is 6.07 Å². The number of hydrogen-bond acceptors (Lipinski definition) is 3. The predicted molar refractivity (Wildman–Crippen MR) is 66.3 cm³/mol. The van der Waals surface area contributed by atoms with Crippen molar-refractivity contribution in [2.45, 2.75) is 6.61 Å². The second-order valence-corrected chi connectivity index (χ2v) is 3.89. The first-order valence-electron chi connectivity index (χ1n) is 5.46. The van der Waals surface area contributed by atoms with Gasteiger partial charge in [0.05, 0.1) is 5.56 Å². The molecule has 0 amide bonds. The van der Waals surface area contributed by atoms with Crippen LogP contribution in [-0.4, -0.2) is 0 Å². The molecule has 2 aromatic carbocycles. The summed E-state index contributed by atoms with van der Waals surface area (Å²) in [4.78, 5) is 0. The van der Waals surface area contributed by atoms with E-state index in [2.05, 4.69) is 0 Å². The summed E-state index contributed by atoms with van der Waals surface area (Å²) >= 11 is 0. The lowest BCUT2D eigenvalue weighted by Gasteiger charge is -2.09. The van der Waals surface area contributed by atoms with Crippen LogP contribution in [0.2, 0.25) is 0 Å². The van der Waals surface area contributed by atoms with Gasteiger partial charge in [-0.25, -0.2) is 8.78 Å². The summed E-state index contributed by atoms with van der Waals surface area (Å²) < 4.78 is 31.7. The molecule has 2 N–H and O–H groups in total. The Hall–Kier alpha value is -2.61. The molecule has 0 aromatic heterocycles. The van der Waals surface area contributed by atoms with Gasteiger partial charge >= 0.3 is 0 Å². The average molecular weight is 260 g/mol. The van der Waals surface area contributed by atoms with E-state index in [1.807, 2.05) is 0 Å². The van der Waals surface area contributed by atoms with Crippen LogP contribution in [0.3, 0.4) is 0 Å². The normalized spacial score (nSPS) is 9.95. The number of nitriles is 1. The van der Waals surface area contributed by atoms with Gasteiger partial charge in [-0.1, -0.05) is 0 Å². The molecule has 0 saturated heterocycles. The molecule has 0 bridgehead atoms. The van der Waals surface area contributed by atoms with Gasteiger partial charge in [0.2, 0.25) is 0 Å². The first-order chi connectivity index (χ1) is 9.10. The first kappa shape index (κ1) is 12.8. The SMILES string of the molecule is N#Cc1ccc(OCc2cc(F)ccc2N)cc1F. The zero-order chi connectivity index (χ0) is 13.8. The lowest BCUT2D eigenvalue weighted by Crippen LogP contribution is -2.01. The Morgan fingerprint density at radius 2 is 1.95 bits per heavy atom. The fraction of sp³-hybridized carbons (Fsp3) is 0.0714. The number of benzene rings is 2. The van der Waals surface area contributed by atoms with Crippen LogP contribution in [0.25, 0.3) is 0 Å². The number of halogens is 2. The molecule has 0 heterocycles. The highest BCUT2D eigenvalue weighted by atomic mass is 19.1.